The predicted molar refractivity (Wildman–Crippen MR) is 116 cm³/mol. The molecule has 6 rings (SSSR count). The van der Waals surface area contributed by atoms with E-state index in [1.54, 1.807) is 24.5 Å². The number of rotatable bonds is 4. The molecule has 5 heterocycles. The lowest BCUT2D eigenvalue weighted by molar-refractivity contribution is -0.117. The maximum atomic E-state index is 12.2. The third-order valence-electron chi connectivity index (χ3n) is 6.13. The zero-order valence-corrected chi connectivity index (χ0v) is 17.5. The molecule has 32 heavy (non-hydrogen) atoms. The largest absolute Gasteiger partial charge is 0.434 e. The highest BCUT2D eigenvalue weighted by atomic mass is 16.5. The van der Waals surface area contributed by atoms with Crippen LogP contribution in [0.1, 0.15) is 30.7 Å². The number of aliphatic hydroxyl groups is 1. The first-order valence-corrected chi connectivity index (χ1v) is 10.6. The second kappa shape index (κ2) is 7.04. The van der Waals surface area contributed by atoms with Gasteiger partial charge in [0.15, 0.2) is 11.2 Å². The molecule has 1 atom stereocenters. The lowest BCUT2D eigenvalue weighted by Gasteiger charge is -2.18. The van der Waals surface area contributed by atoms with Crippen molar-refractivity contribution in [1.29, 1.82) is 0 Å². The van der Waals surface area contributed by atoms with Gasteiger partial charge in [0.1, 0.15) is 11.4 Å². The summed E-state index contributed by atoms with van der Waals surface area (Å²) in [7, 11) is 0. The van der Waals surface area contributed by atoms with Crippen LogP contribution in [0, 0.1) is 12.8 Å². The van der Waals surface area contributed by atoms with Crippen molar-refractivity contribution in [3.63, 3.8) is 0 Å². The molecule has 4 aromatic heterocycles. The van der Waals surface area contributed by atoms with Crippen LogP contribution < -0.4 is 5.32 Å². The number of aryl methyl sites for hydroxylation is 1. The minimum atomic E-state index is -1.11. The van der Waals surface area contributed by atoms with Crippen molar-refractivity contribution in [3.8, 4) is 11.5 Å². The lowest BCUT2D eigenvalue weighted by Crippen LogP contribution is -2.26. The number of oxazole rings is 1. The number of anilines is 1. The Kier molecular flexibility index (Phi) is 4.24. The number of carbonyl (C=O) groups is 1. The lowest BCUT2D eigenvalue weighted by atomic mass is 9.98. The summed E-state index contributed by atoms with van der Waals surface area (Å²) < 4.78 is 11.3. The molecule has 1 saturated heterocycles. The average Bonchev–Trinajstić information content (AvgIpc) is 3.41. The summed E-state index contributed by atoms with van der Waals surface area (Å²) in [5.41, 5.74) is 1.82. The van der Waals surface area contributed by atoms with Gasteiger partial charge in [-0.05, 0) is 38.0 Å². The van der Waals surface area contributed by atoms with Gasteiger partial charge in [0.05, 0.1) is 17.9 Å². The summed E-state index contributed by atoms with van der Waals surface area (Å²) in [6.45, 7) is 2.61. The minimum absolute atomic E-state index is 0.00315. The number of hydrogen-bond donors (Lipinski definition) is 2. The topological polar surface area (TPSA) is 123 Å². The molecule has 0 bridgehead atoms. The quantitative estimate of drug-likeness (QED) is 0.505. The van der Waals surface area contributed by atoms with Gasteiger partial charge in [-0.15, -0.1) is 0 Å². The van der Waals surface area contributed by atoms with Crippen LogP contribution in [0.4, 0.5) is 5.82 Å². The van der Waals surface area contributed by atoms with E-state index in [9.17, 15) is 9.90 Å². The summed E-state index contributed by atoms with van der Waals surface area (Å²) in [6, 6.07) is 5.33. The second-order valence-corrected chi connectivity index (χ2v) is 8.51. The number of amides is 1. The fourth-order valence-corrected chi connectivity index (χ4v) is 4.03. The molecule has 162 valence electrons. The molecule has 0 spiro atoms. The Bertz CT molecular complexity index is 1370. The number of hydrogen-bond acceptors (Lipinski definition) is 8. The molecule has 0 radical (unpaired) electrons. The summed E-state index contributed by atoms with van der Waals surface area (Å²) in [4.78, 5) is 30.1. The first-order valence-electron chi connectivity index (χ1n) is 10.6. The van der Waals surface area contributed by atoms with Crippen molar-refractivity contribution >= 4 is 33.7 Å². The number of carbonyl (C=O) groups excluding carboxylic acids is 1. The Morgan fingerprint density at radius 2 is 2.06 bits per heavy atom. The molecule has 0 unspecified atom stereocenters. The first kappa shape index (κ1) is 19.3. The SMILES string of the molecule is Cc1ncc(-c2nc3nc([C@]4(O)CCOC4)ccc3o2)c2cc(NC(=O)C3CC3)ncc12. The molecular weight excluding hydrogens is 410 g/mol. The number of fused-ring (bicyclic) bond motifs is 2. The van der Waals surface area contributed by atoms with Gasteiger partial charge >= 0.3 is 0 Å². The molecule has 9 heteroatoms. The maximum Gasteiger partial charge on any atom is 0.231 e. The Hall–Kier alpha value is -3.43. The van der Waals surface area contributed by atoms with Gasteiger partial charge in [-0.1, -0.05) is 0 Å². The van der Waals surface area contributed by atoms with E-state index in [1.807, 2.05) is 13.0 Å². The Morgan fingerprint density at radius 1 is 1.19 bits per heavy atom. The number of aromatic nitrogens is 4. The molecule has 4 aromatic rings. The normalized spacial score (nSPS) is 20.8. The van der Waals surface area contributed by atoms with Gasteiger partial charge < -0.3 is 19.6 Å². The van der Waals surface area contributed by atoms with E-state index >= 15 is 0 Å². The number of nitrogens with one attached hydrogen (secondary N) is 1. The van der Waals surface area contributed by atoms with E-state index in [4.69, 9.17) is 9.15 Å². The van der Waals surface area contributed by atoms with E-state index in [0.717, 1.165) is 29.3 Å². The highest BCUT2D eigenvalue weighted by molar-refractivity contribution is 6.00. The zero-order chi connectivity index (χ0) is 21.9. The van der Waals surface area contributed by atoms with Crippen molar-refractivity contribution in [2.75, 3.05) is 18.5 Å². The van der Waals surface area contributed by atoms with Crippen LogP contribution >= 0.6 is 0 Å². The summed E-state index contributed by atoms with van der Waals surface area (Å²) in [5, 5.41) is 15.3. The zero-order valence-electron chi connectivity index (χ0n) is 17.5. The van der Waals surface area contributed by atoms with Crippen LogP contribution in [0.3, 0.4) is 0 Å². The molecular formula is C23H21N5O4. The monoisotopic (exact) mass is 431 g/mol. The summed E-state index contributed by atoms with van der Waals surface area (Å²) >= 11 is 0. The molecule has 1 aliphatic heterocycles. The van der Waals surface area contributed by atoms with E-state index in [2.05, 4.69) is 25.3 Å². The average molecular weight is 431 g/mol. The van der Waals surface area contributed by atoms with Crippen molar-refractivity contribution in [3.05, 3.63) is 42.0 Å². The molecule has 1 aliphatic carbocycles. The third-order valence-corrected chi connectivity index (χ3v) is 6.13. The van der Waals surface area contributed by atoms with Crippen molar-refractivity contribution in [1.82, 2.24) is 19.9 Å². The fraction of sp³-hybridized carbons (Fsp3) is 0.348. The fourth-order valence-electron chi connectivity index (χ4n) is 4.03. The molecule has 0 aromatic carbocycles. The first-order chi connectivity index (χ1) is 15.5. The maximum absolute atomic E-state index is 12.2. The van der Waals surface area contributed by atoms with Crippen LogP contribution in [-0.4, -0.2) is 44.2 Å². The smallest absolute Gasteiger partial charge is 0.231 e. The van der Waals surface area contributed by atoms with Crippen LogP contribution in [0.5, 0.6) is 0 Å². The van der Waals surface area contributed by atoms with Crippen LogP contribution in [0.15, 0.2) is 35.0 Å². The Labute approximate surface area is 182 Å². The van der Waals surface area contributed by atoms with Crippen LogP contribution in [-0.2, 0) is 15.1 Å². The molecule has 2 N–H and O–H groups in total. The van der Waals surface area contributed by atoms with E-state index < -0.39 is 5.60 Å². The van der Waals surface area contributed by atoms with Crippen molar-refractivity contribution < 1.29 is 19.1 Å². The summed E-state index contributed by atoms with van der Waals surface area (Å²) in [5.74, 6) is 0.934. The highest BCUT2D eigenvalue weighted by Crippen LogP contribution is 2.35. The van der Waals surface area contributed by atoms with Crippen LogP contribution in [0.25, 0.3) is 33.5 Å². The molecule has 9 nitrogen and oxygen atoms in total. The van der Waals surface area contributed by atoms with Crippen molar-refractivity contribution in [2.24, 2.45) is 5.92 Å². The second-order valence-electron chi connectivity index (χ2n) is 8.51. The van der Waals surface area contributed by atoms with Gasteiger partial charge in [0, 0.05) is 47.8 Å². The highest BCUT2D eigenvalue weighted by Gasteiger charge is 2.36. The molecule has 1 amide bonds. The van der Waals surface area contributed by atoms with Gasteiger partial charge in [-0.2, -0.15) is 4.98 Å². The Morgan fingerprint density at radius 3 is 2.84 bits per heavy atom. The number of ether oxygens (including phenoxy) is 1. The third kappa shape index (κ3) is 3.21. The molecule has 2 aliphatic rings. The molecule has 2 fully saturated rings. The van der Waals surface area contributed by atoms with Gasteiger partial charge in [-0.25, -0.2) is 9.97 Å². The van der Waals surface area contributed by atoms with E-state index in [1.165, 1.54) is 0 Å². The predicted octanol–water partition coefficient (Wildman–Crippen LogP) is 3.10. The number of pyridine rings is 3. The standard InChI is InChI=1S/C23H21N5O4/c1-12-15-9-25-19(27-21(29)13-2-3-13)8-14(15)16(10-24-12)22-28-20-17(32-22)4-5-18(26-20)23(30)6-7-31-11-23/h4-5,8-10,13,30H,2-3,6-7,11H2,1H3,(H,25,27,29)/t23-/m0/s1. The summed E-state index contributed by atoms with van der Waals surface area (Å²) in [6.07, 6.45) is 5.75. The number of nitrogens with zero attached hydrogens (tertiary/aromatic N) is 4. The minimum Gasteiger partial charge on any atom is -0.434 e. The van der Waals surface area contributed by atoms with Crippen LogP contribution in [0.2, 0.25) is 0 Å². The van der Waals surface area contributed by atoms with Gasteiger partial charge in [-0.3, -0.25) is 9.78 Å². The molecule has 1 saturated carbocycles. The van der Waals surface area contributed by atoms with Gasteiger partial charge in [0.25, 0.3) is 0 Å². The van der Waals surface area contributed by atoms with E-state index in [-0.39, 0.29) is 18.4 Å². The van der Waals surface area contributed by atoms with Gasteiger partial charge in [0.2, 0.25) is 11.8 Å². The van der Waals surface area contributed by atoms with E-state index in [0.29, 0.717) is 47.2 Å². The Balaban J connectivity index is 1.43. The van der Waals surface area contributed by atoms with Crippen molar-refractivity contribution in [2.45, 2.75) is 31.8 Å².